The Bertz CT molecular complexity index is 697. The third-order valence-corrected chi connectivity index (χ3v) is 4.76. The highest BCUT2D eigenvalue weighted by Crippen LogP contribution is 2.22. The summed E-state index contributed by atoms with van der Waals surface area (Å²) in [6.45, 7) is 5.49. The molecule has 2 N–H and O–H groups in total. The first-order chi connectivity index (χ1) is 12.0. The zero-order valence-corrected chi connectivity index (χ0v) is 14.8. The molecular weight excluding hydrogens is 318 g/mol. The first kappa shape index (κ1) is 17.5. The van der Waals surface area contributed by atoms with Crippen molar-refractivity contribution in [2.45, 2.75) is 45.6 Å². The number of aryl methyl sites for hydroxylation is 2. The van der Waals surface area contributed by atoms with Crippen molar-refractivity contribution in [3.8, 4) is 0 Å². The summed E-state index contributed by atoms with van der Waals surface area (Å²) < 4.78 is 5.12. The van der Waals surface area contributed by atoms with Crippen LogP contribution in [0.2, 0.25) is 0 Å². The first-order valence-electron chi connectivity index (χ1n) is 8.77. The molecule has 0 spiro atoms. The Kier molecular flexibility index (Phi) is 5.38. The highest BCUT2D eigenvalue weighted by Gasteiger charge is 2.17. The molecule has 6 nitrogen and oxygen atoms in total. The average molecular weight is 343 g/mol. The van der Waals surface area contributed by atoms with Crippen molar-refractivity contribution < 1.29 is 14.4 Å². The minimum absolute atomic E-state index is 0.0196. The van der Waals surface area contributed by atoms with Crippen LogP contribution in [-0.2, 0) is 11.2 Å². The molecule has 1 aliphatic rings. The third-order valence-electron chi connectivity index (χ3n) is 4.76. The number of aromatic nitrogens is 1. The largest absolute Gasteiger partial charge is 0.393 e. The standard InChI is InChI=1S/C19H25N3O3/c1-13-18(14(2)25-21-13)7-8-19(24)20-15-3-5-16(6-4-15)22-11-9-17(23)10-12-22/h3-6,17,23H,7-12H2,1-2H3,(H,20,24). The Labute approximate surface area is 147 Å². The van der Waals surface area contributed by atoms with Gasteiger partial charge in [0.1, 0.15) is 5.76 Å². The molecule has 0 radical (unpaired) electrons. The number of carbonyl (C=O) groups excluding carboxylic acids is 1. The maximum Gasteiger partial charge on any atom is 0.224 e. The van der Waals surface area contributed by atoms with Gasteiger partial charge >= 0.3 is 0 Å². The number of anilines is 2. The summed E-state index contributed by atoms with van der Waals surface area (Å²) in [7, 11) is 0. The van der Waals surface area contributed by atoms with Crippen molar-refractivity contribution in [3.05, 3.63) is 41.3 Å². The van der Waals surface area contributed by atoms with Gasteiger partial charge in [-0.15, -0.1) is 0 Å². The lowest BCUT2D eigenvalue weighted by atomic mass is 10.1. The van der Waals surface area contributed by atoms with Crippen LogP contribution in [0, 0.1) is 13.8 Å². The maximum absolute atomic E-state index is 12.2. The maximum atomic E-state index is 12.2. The van der Waals surface area contributed by atoms with Gasteiger partial charge in [-0.25, -0.2) is 0 Å². The zero-order valence-electron chi connectivity index (χ0n) is 14.8. The van der Waals surface area contributed by atoms with Gasteiger partial charge in [0, 0.05) is 36.4 Å². The van der Waals surface area contributed by atoms with Crippen LogP contribution in [0.5, 0.6) is 0 Å². The van der Waals surface area contributed by atoms with E-state index in [1.807, 2.05) is 38.1 Å². The van der Waals surface area contributed by atoms with Gasteiger partial charge in [-0.05, 0) is 57.4 Å². The quantitative estimate of drug-likeness (QED) is 0.873. The fourth-order valence-electron chi connectivity index (χ4n) is 3.20. The van der Waals surface area contributed by atoms with Gasteiger partial charge in [-0.1, -0.05) is 5.16 Å². The minimum Gasteiger partial charge on any atom is -0.393 e. The van der Waals surface area contributed by atoms with E-state index in [4.69, 9.17) is 4.52 Å². The number of piperidine rings is 1. The normalized spacial score (nSPS) is 15.4. The van der Waals surface area contributed by atoms with Crippen molar-refractivity contribution in [2.24, 2.45) is 0 Å². The van der Waals surface area contributed by atoms with E-state index in [-0.39, 0.29) is 12.0 Å². The van der Waals surface area contributed by atoms with Crippen LogP contribution in [0.4, 0.5) is 11.4 Å². The van der Waals surface area contributed by atoms with Crippen molar-refractivity contribution in [3.63, 3.8) is 0 Å². The van der Waals surface area contributed by atoms with Crippen LogP contribution in [0.15, 0.2) is 28.8 Å². The molecule has 2 heterocycles. The molecule has 1 amide bonds. The second kappa shape index (κ2) is 7.70. The molecule has 0 bridgehead atoms. The fourth-order valence-corrected chi connectivity index (χ4v) is 3.20. The van der Waals surface area contributed by atoms with E-state index < -0.39 is 0 Å². The number of benzene rings is 1. The van der Waals surface area contributed by atoms with Crippen LogP contribution >= 0.6 is 0 Å². The third kappa shape index (κ3) is 4.39. The molecule has 0 atom stereocenters. The van der Waals surface area contributed by atoms with E-state index in [9.17, 15) is 9.90 Å². The molecule has 134 valence electrons. The van der Waals surface area contributed by atoms with E-state index in [0.29, 0.717) is 12.8 Å². The highest BCUT2D eigenvalue weighted by molar-refractivity contribution is 5.91. The lowest BCUT2D eigenvalue weighted by Gasteiger charge is -2.31. The molecule has 6 heteroatoms. The Morgan fingerprint density at radius 1 is 1.28 bits per heavy atom. The lowest BCUT2D eigenvalue weighted by Crippen LogP contribution is -2.35. The van der Waals surface area contributed by atoms with Crippen molar-refractivity contribution in [1.29, 1.82) is 0 Å². The van der Waals surface area contributed by atoms with Crippen molar-refractivity contribution in [1.82, 2.24) is 5.16 Å². The average Bonchev–Trinajstić information content (AvgIpc) is 2.93. The first-order valence-corrected chi connectivity index (χ1v) is 8.77. The molecule has 3 rings (SSSR count). The van der Waals surface area contributed by atoms with Gasteiger partial charge in [0.2, 0.25) is 5.91 Å². The lowest BCUT2D eigenvalue weighted by molar-refractivity contribution is -0.116. The van der Waals surface area contributed by atoms with Gasteiger partial charge in [0.15, 0.2) is 0 Å². The summed E-state index contributed by atoms with van der Waals surface area (Å²) in [5.74, 6) is 0.759. The van der Waals surface area contributed by atoms with Gasteiger partial charge in [0.25, 0.3) is 0 Å². The summed E-state index contributed by atoms with van der Waals surface area (Å²) in [4.78, 5) is 14.4. The second-order valence-electron chi connectivity index (χ2n) is 6.62. The molecule has 1 aromatic carbocycles. The highest BCUT2D eigenvalue weighted by atomic mass is 16.5. The number of aliphatic hydroxyl groups excluding tert-OH is 1. The van der Waals surface area contributed by atoms with Crippen LogP contribution in [0.3, 0.4) is 0 Å². The monoisotopic (exact) mass is 343 g/mol. The second-order valence-corrected chi connectivity index (χ2v) is 6.62. The molecule has 1 aromatic heterocycles. The predicted octanol–water partition coefficient (Wildman–Crippen LogP) is 2.82. The van der Waals surface area contributed by atoms with Crippen molar-refractivity contribution in [2.75, 3.05) is 23.3 Å². The topological polar surface area (TPSA) is 78.6 Å². The number of carbonyl (C=O) groups is 1. The molecule has 1 saturated heterocycles. The molecule has 1 fully saturated rings. The van der Waals surface area contributed by atoms with Gasteiger partial charge in [0.05, 0.1) is 11.8 Å². The molecule has 2 aromatic rings. The smallest absolute Gasteiger partial charge is 0.224 e. The summed E-state index contributed by atoms with van der Waals surface area (Å²) in [6, 6.07) is 7.88. The summed E-state index contributed by atoms with van der Waals surface area (Å²) in [5.41, 5.74) is 3.78. The Morgan fingerprint density at radius 3 is 2.56 bits per heavy atom. The number of hydrogen-bond donors (Lipinski definition) is 2. The number of aliphatic hydroxyl groups is 1. The Balaban J connectivity index is 1.52. The molecule has 0 unspecified atom stereocenters. The van der Waals surface area contributed by atoms with Gasteiger partial charge < -0.3 is 19.8 Å². The SMILES string of the molecule is Cc1noc(C)c1CCC(=O)Nc1ccc(N2CCC(O)CC2)cc1. The molecular formula is C19H25N3O3. The van der Waals surface area contributed by atoms with E-state index in [1.54, 1.807) is 0 Å². The van der Waals surface area contributed by atoms with Crippen LogP contribution < -0.4 is 10.2 Å². The van der Waals surface area contributed by atoms with Crippen LogP contribution in [-0.4, -0.2) is 35.4 Å². The fraction of sp³-hybridized carbons (Fsp3) is 0.474. The molecule has 0 saturated carbocycles. The molecule has 1 aliphatic heterocycles. The number of rotatable bonds is 5. The summed E-state index contributed by atoms with van der Waals surface area (Å²) in [6.07, 6.45) is 2.46. The van der Waals surface area contributed by atoms with Crippen LogP contribution in [0.1, 0.15) is 36.3 Å². The zero-order chi connectivity index (χ0) is 17.8. The number of nitrogens with zero attached hydrogens (tertiary/aromatic N) is 2. The van der Waals surface area contributed by atoms with Gasteiger partial charge in [-0.3, -0.25) is 4.79 Å². The number of nitrogens with one attached hydrogen (secondary N) is 1. The van der Waals surface area contributed by atoms with Crippen molar-refractivity contribution >= 4 is 17.3 Å². The van der Waals surface area contributed by atoms with Crippen LogP contribution in [0.25, 0.3) is 0 Å². The van der Waals surface area contributed by atoms with Gasteiger partial charge in [-0.2, -0.15) is 0 Å². The van der Waals surface area contributed by atoms with E-state index in [2.05, 4.69) is 15.4 Å². The molecule has 25 heavy (non-hydrogen) atoms. The minimum atomic E-state index is -0.174. The summed E-state index contributed by atoms with van der Waals surface area (Å²) in [5, 5.41) is 16.4. The molecule has 0 aliphatic carbocycles. The number of amides is 1. The Hall–Kier alpha value is -2.34. The summed E-state index contributed by atoms with van der Waals surface area (Å²) >= 11 is 0. The number of hydrogen-bond acceptors (Lipinski definition) is 5. The Morgan fingerprint density at radius 2 is 1.96 bits per heavy atom. The predicted molar refractivity (Wildman–Crippen MR) is 96.8 cm³/mol. The van der Waals surface area contributed by atoms with E-state index in [1.165, 1.54) is 0 Å². The van der Waals surface area contributed by atoms with E-state index in [0.717, 1.165) is 54.3 Å². The van der Waals surface area contributed by atoms with E-state index >= 15 is 0 Å².